The minimum absolute atomic E-state index is 0.0390. The lowest BCUT2D eigenvalue weighted by molar-refractivity contribution is -0.222. The highest BCUT2D eigenvalue weighted by Crippen LogP contribution is 2.70. The molecule has 0 unspecified atom stereocenters. The number of alkyl halides is 2. The summed E-state index contributed by atoms with van der Waals surface area (Å²) in [5.74, 6) is -1.34. The van der Waals surface area contributed by atoms with Crippen molar-refractivity contribution in [3.63, 3.8) is 0 Å². The standard InChI is InChI=1S/C36H56F2N2O4S/c1-8-25-29-21-36(37,38)19-18-35(29,7)28-15-17-34(6)26(13-14-27(34)30(28)31(25)41)22(2)16-20-39-32(42)40-45(43,44)24-11-9-23(10-12-24)33(3,4)5/h9-12,22,25-31,41H,8,13-21H2,1-7H3,(H2,39,40,42)/t22-,25-,26-,27+,28+,29+,30+,31-,34-,35-/m1/s1. The Kier molecular flexibility index (Phi) is 9.26. The van der Waals surface area contributed by atoms with Gasteiger partial charge in [-0.3, -0.25) is 0 Å². The zero-order chi connectivity index (χ0) is 33.2. The molecule has 10 atom stereocenters. The van der Waals surface area contributed by atoms with Gasteiger partial charge in [0.1, 0.15) is 0 Å². The van der Waals surface area contributed by atoms with E-state index in [2.05, 4.69) is 58.5 Å². The summed E-state index contributed by atoms with van der Waals surface area (Å²) in [6.45, 7) is 15.5. The van der Waals surface area contributed by atoms with Gasteiger partial charge in [-0.2, -0.15) is 0 Å². The highest BCUT2D eigenvalue weighted by Gasteiger charge is 2.66. The lowest BCUT2D eigenvalue weighted by atomic mass is 9.41. The van der Waals surface area contributed by atoms with Crippen molar-refractivity contribution in [2.45, 2.75) is 129 Å². The Morgan fingerprint density at radius 2 is 1.64 bits per heavy atom. The van der Waals surface area contributed by atoms with E-state index in [1.54, 1.807) is 12.1 Å². The molecule has 1 aromatic carbocycles. The molecule has 0 spiro atoms. The predicted octanol–water partition coefficient (Wildman–Crippen LogP) is 7.90. The summed E-state index contributed by atoms with van der Waals surface area (Å²) in [4.78, 5) is 12.7. The fraction of sp³-hybridized carbons (Fsp3) is 0.806. The van der Waals surface area contributed by atoms with E-state index in [0.717, 1.165) is 44.1 Å². The van der Waals surface area contributed by atoms with Crippen LogP contribution in [0.15, 0.2) is 29.2 Å². The molecule has 0 bridgehead atoms. The molecule has 0 heterocycles. The van der Waals surface area contributed by atoms with Crippen LogP contribution in [0.25, 0.3) is 0 Å². The molecule has 0 aliphatic heterocycles. The van der Waals surface area contributed by atoms with Gasteiger partial charge in [0.05, 0.1) is 11.0 Å². The van der Waals surface area contributed by atoms with Crippen molar-refractivity contribution in [2.75, 3.05) is 6.54 Å². The molecule has 6 nitrogen and oxygen atoms in total. The van der Waals surface area contributed by atoms with Gasteiger partial charge in [-0.25, -0.2) is 26.7 Å². The van der Waals surface area contributed by atoms with E-state index in [1.807, 2.05) is 0 Å². The number of fused-ring (bicyclic) bond motifs is 5. The van der Waals surface area contributed by atoms with Crippen molar-refractivity contribution in [1.82, 2.24) is 10.0 Å². The number of carbonyl (C=O) groups excluding carboxylic acids is 1. The summed E-state index contributed by atoms with van der Waals surface area (Å²) in [5, 5.41) is 14.6. The maximum Gasteiger partial charge on any atom is 0.328 e. The fourth-order valence-corrected chi connectivity index (χ4v) is 11.8. The first kappa shape index (κ1) is 34.6. The number of amides is 2. The lowest BCUT2D eigenvalue weighted by Gasteiger charge is -2.65. The van der Waals surface area contributed by atoms with Crippen molar-refractivity contribution in [1.29, 1.82) is 0 Å². The number of urea groups is 1. The maximum absolute atomic E-state index is 14.6. The quantitative estimate of drug-likeness (QED) is 0.280. The number of hydrogen-bond acceptors (Lipinski definition) is 4. The molecular weight excluding hydrogens is 594 g/mol. The number of nitrogens with one attached hydrogen (secondary N) is 2. The summed E-state index contributed by atoms with van der Waals surface area (Å²) < 4.78 is 57.0. The Bertz CT molecular complexity index is 1350. The largest absolute Gasteiger partial charge is 0.393 e. The lowest BCUT2D eigenvalue weighted by Crippen LogP contribution is -2.62. The van der Waals surface area contributed by atoms with Crippen LogP contribution in [0.4, 0.5) is 13.6 Å². The van der Waals surface area contributed by atoms with E-state index in [9.17, 15) is 27.1 Å². The second-order valence-corrected chi connectivity index (χ2v) is 18.3. The second-order valence-electron chi connectivity index (χ2n) is 16.7. The van der Waals surface area contributed by atoms with Crippen molar-refractivity contribution in [2.24, 2.45) is 52.3 Å². The molecule has 4 aliphatic rings. The smallest absolute Gasteiger partial charge is 0.328 e. The molecule has 45 heavy (non-hydrogen) atoms. The van der Waals surface area contributed by atoms with Gasteiger partial charge in [-0.05, 0) is 114 Å². The molecule has 0 saturated heterocycles. The summed E-state index contributed by atoms with van der Waals surface area (Å²) in [6, 6.07) is 5.88. The number of aliphatic hydroxyl groups excluding tert-OH is 1. The Morgan fingerprint density at radius 1 is 1.00 bits per heavy atom. The van der Waals surface area contributed by atoms with Crippen molar-refractivity contribution in [3.8, 4) is 0 Å². The van der Waals surface area contributed by atoms with Gasteiger partial charge in [-0.15, -0.1) is 0 Å². The fourth-order valence-electron chi connectivity index (χ4n) is 10.8. The maximum atomic E-state index is 14.6. The average molecular weight is 651 g/mol. The minimum atomic E-state index is -3.98. The molecule has 254 valence electrons. The third-order valence-corrected chi connectivity index (χ3v) is 14.6. The van der Waals surface area contributed by atoms with Crippen molar-refractivity contribution >= 4 is 16.1 Å². The molecule has 9 heteroatoms. The SMILES string of the molecule is CC[C@H]1[C@@H](O)[C@@H]2[C@H](CC[C@]3(C)[C@@H]([C@H](C)CCNC(=O)NS(=O)(=O)c4ccc(C(C)(C)C)cc4)CC[C@@H]23)[C@@]2(C)CCC(F)(F)C[C@@H]12. The van der Waals surface area contributed by atoms with Gasteiger partial charge in [-0.1, -0.05) is 67.0 Å². The van der Waals surface area contributed by atoms with E-state index in [-0.39, 0.29) is 57.7 Å². The number of hydrogen-bond donors (Lipinski definition) is 3. The highest BCUT2D eigenvalue weighted by atomic mass is 32.2. The molecule has 4 saturated carbocycles. The number of benzene rings is 1. The van der Waals surface area contributed by atoms with Crippen LogP contribution in [0, 0.1) is 52.3 Å². The monoisotopic (exact) mass is 650 g/mol. The first-order valence-electron chi connectivity index (χ1n) is 17.3. The summed E-state index contributed by atoms with van der Waals surface area (Å²) in [5.41, 5.74) is 0.803. The van der Waals surface area contributed by atoms with Crippen LogP contribution in [0.3, 0.4) is 0 Å². The molecule has 4 aliphatic carbocycles. The third-order valence-electron chi connectivity index (χ3n) is 13.3. The zero-order valence-corrected chi connectivity index (χ0v) is 29.2. The van der Waals surface area contributed by atoms with E-state index in [4.69, 9.17) is 0 Å². The highest BCUT2D eigenvalue weighted by molar-refractivity contribution is 7.90. The predicted molar refractivity (Wildman–Crippen MR) is 173 cm³/mol. The number of sulfonamides is 1. The summed E-state index contributed by atoms with van der Waals surface area (Å²) in [7, 11) is -3.98. The van der Waals surface area contributed by atoms with Crippen LogP contribution in [0.5, 0.6) is 0 Å². The number of rotatable bonds is 7. The van der Waals surface area contributed by atoms with Gasteiger partial charge in [0.25, 0.3) is 10.0 Å². The van der Waals surface area contributed by atoms with Gasteiger partial charge in [0.2, 0.25) is 5.92 Å². The van der Waals surface area contributed by atoms with Gasteiger partial charge in [0.15, 0.2) is 0 Å². The molecule has 0 radical (unpaired) electrons. The Balaban J connectivity index is 1.20. The second kappa shape index (κ2) is 12.1. The van der Waals surface area contributed by atoms with Gasteiger partial charge < -0.3 is 10.4 Å². The number of halogens is 2. The van der Waals surface area contributed by atoms with Crippen LogP contribution in [-0.4, -0.2) is 38.1 Å². The van der Waals surface area contributed by atoms with Gasteiger partial charge >= 0.3 is 6.03 Å². The Labute approximate surface area is 270 Å². The first-order chi connectivity index (χ1) is 20.8. The molecule has 1 aromatic rings. The summed E-state index contributed by atoms with van der Waals surface area (Å²) in [6.07, 6.45) is 5.44. The molecule has 0 aromatic heterocycles. The topological polar surface area (TPSA) is 95.5 Å². The van der Waals surface area contributed by atoms with E-state index in [1.165, 1.54) is 12.1 Å². The normalized spacial score (nSPS) is 38.4. The van der Waals surface area contributed by atoms with Crippen LogP contribution >= 0.6 is 0 Å². The third kappa shape index (κ3) is 6.30. The Hall–Kier alpha value is -1.74. The van der Waals surface area contributed by atoms with Crippen molar-refractivity contribution < 1.29 is 27.1 Å². The van der Waals surface area contributed by atoms with Crippen LogP contribution in [0.2, 0.25) is 0 Å². The average Bonchev–Trinajstić information content (AvgIpc) is 3.30. The van der Waals surface area contributed by atoms with Crippen LogP contribution in [-0.2, 0) is 15.4 Å². The first-order valence-corrected chi connectivity index (χ1v) is 18.8. The van der Waals surface area contributed by atoms with Crippen molar-refractivity contribution in [3.05, 3.63) is 29.8 Å². The number of aliphatic hydroxyl groups is 1. The van der Waals surface area contributed by atoms with E-state index in [0.29, 0.717) is 30.7 Å². The van der Waals surface area contributed by atoms with Gasteiger partial charge in [0, 0.05) is 19.4 Å². The van der Waals surface area contributed by atoms with Crippen LogP contribution in [0.1, 0.15) is 112 Å². The summed E-state index contributed by atoms with van der Waals surface area (Å²) >= 11 is 0. The van der Waals surface area contributed by atoms with Crippen LogP contribution < -0.4 is 10.0 Å². The number of carbonyl (C=O) groups is 1. The van der Waals surface area contributed by atoms with E-state index >= 15 is 0 Å². The molecule has 5 rings (SSSR count). The molecule has 2 amide bonds. The minimum Gasteiger partial charge on any atom is -0.393 e. The molecule has 3 N–H and O–H groups in total. The Morgan fingerprint density at radius 3 is 2.27 bits per heavy atom. The molecular formula is C36H56F2N2O4S. The van der Waals surface area contributed by atoms with E-state index < -0.39 is 28.1 Å². The molecule has 4 fully saturated rings. The zero-order valence-electron chi connectivity index (χ0n) is 28.3.